The Balaban J connectivity index is 0.00000288. The number of rotatable bonds is 9. The van der Waals surface area contributed by atoms with E-state index in [2.05, 4.69) is 43.4 Å². The highest BCUT2D eigenvalue weighted by Crippen LogP contribution is 2.41. The number of methoxy groups -OCH3 is 1. The van der Waals surface area contributed by atoms with Gasteiger partial charge in [-0.15, -0.1) is 12.4 Å². The molecule has 0 aromatic heterocycles. The Morgan fingerprint density at radius 3 is 2.38 bits per heavy atom. The quantitative estimate of drug-likeness (QED) is 0.715. The number of amides is 1. The van der Waals surface area contributed by atoms with E-state index in [4.69, 9.17) is 10.5 Å². The molecule has 0 aliphatic heterocycles. The van der Waals surface area contributed by atoms with Crippen LogP contribution >= 0.6 is 12.4 Å². The number of carbonyl (C=O) groups excluding carboxylic acids is 1. The van der Waals surface area contributed by atoms with E-state index >= 15 is 0 Å². The molecule has 5 heteroatoms. The monoisotopic (exact) mass is 354 g/mol. The van der Waals surface area contributed by atoms with Gasteiger partial charge in [0.2, 0.25) is 5.91 Å². The Hall–Kier alpha value is -1.10. The van der Waals surface area contributed by atoms with Crippen molar-refractivity contribution in [2.75, 3.05) is 13.7 Å². The average molecular weight is 355 g/mol. The third-order valence-electron chi connectivity index (χ3n) is 4.40. The predicted molar refractivity (Wildman–Crippen MR) is 100 cm³/mol. The number of carbonyl (C=O) groups is 1. The van der Waals surface area contributed by atoms with Crippen molar-refractivity contribution < 1.29 is 9.53 Å². The van der Waals surface area contributed by atoms with Crippen molar-refractivity contribution in [1.29, 1.82) is 0 Å². The molecule has 0 bridgehead atoms. The fraction of sp³-hybridized carbons (Fsp3) is 0.632. The predicted octanol–water partition coefficient (Wildman–Crippen LogP) is 3.24. The Morgan fingerprint density at radius 1 is 1.29 bits per heavy atom. The maximum absolute atomic E-state index is 12.3. The zero-order chi connectivity index (χ0) is 16.8. The van der Waals surface area contributed by atoms with Gasteiger partial charge in [0.15, 0.2) is 0 Å². The SMILES string of the molecule is COC(CN)CC(=O)NC(c1ccc(CC(C)C)cc1)C1CC1.Cl. The molecule has 1 amide bonds. The second-order valence-electron chi connectivity index (χ2n) is 7.02. The average Bonchev–Trinajstić information content (AvgIpc) is 3.35. The summed E-state index contributed by atoms with van der Waals surface area (Å²) in [6, 6.07) is 8.82. The molecule has 0 heterocycles. The smallest absolute Gasteiger partial charge is 0.223 e. The summed E-state index contributed by atoms with van der Waals surface area (Å²) in [7, 11) is 1.59. The summed E-state index contributed by atoms with van der Waals surface area (Å²) in [4.78, 5) is 12.3. The molecular formula is C19H31ClN2O2. The van der Waals surface area contributed by atoms with E-state index in [1.807, 2.05) is 0 Å². The lowest BCUT2D eigenvalue weighted by molar-refractivity contribution is -0.124. The lowest BCUT2D eigenvalue weighted by Gasteiger charge is -2.21. The molecule has 1 fully saturated rings. The van der Waals surface area contributed by atoms with E-state index in [0.717, 1.165) is 6.42 Å². The number of nitrogens with two attached hydrogens (primary N) is 1. The largest absolute Gasteiger partial charge is 0.380 e. The van der Waals surface area contributed by atoms with Crippen LogP contribution in [0.15, 0.2) is 24.3 Å². The lowest BCUT2D eigenvalue weighted by atomic mass is 9.97. The standard InChI is InChI=1S/C19H30N2O2.ClH/c1-13(2)10-14-4-6-15(7-5-14)19(16-8-9-16)21-18(22)11-17(12-20)23-3;/h4-7,13,16-17,19H,8-12,20H2,1-3H3,(H,21,22);1H. The summed E-state index contributed by atoms with van der Waals surface area (Å²) in [5.41, 5.74) is 8.15. The molecule has 1 aliphatic rings. The first-order valence-corrected chi connectivity index (χ1v) is 8.64. The molecule has 24 heavy (non-hydrogen) atoms. The summed E-state index contributed by atoms with van der Waals surface area (Å²) in [6.07, 6.45) is 3.57. The zero-order valence-corrected chi connectivity index (χ0v) is 15.8. The van der Waals surface area contributed by atoms with E-state index in [1.54, 1.807) is 7.11 Å². The molecule has 0 radical (unpaired) electrons. The third-order valence-corrected chi connectivity index (χ3v) is 4.40. The van der Waals surface area contributed by atoms with Gasteiger partial charge in [0.05, 0.1) is 18.6 Å². The van der Waals surface area contributed by atoms with Crippen LogP contribution in [0.3, 0.4) is 0 Å². The van der Waals surface area contributed by atoms with Gasteiger partial charge in [-0.3, -0.25) is 4.79 Å². The maximum atomic E-state index is 12.3. The van der Waals surface area contributed by atoms with Gasteiger partial charge in [0.25, 0.3) is 0 Å². The van der Waals surface area contributed by atoms with Crippen LogP contribution < -0.4 is 11.1 Å². The first-order valence-electron chi connectivity index (χ1n) is 8.64. The minimum atomic E-state index is -0.205. The molecule has 0 spiro atoms. The Labute approximate surface area is 151 Å². The van der Waals surface area contributed by atoms with Gasteiger partial charge < -0.3 is 15.8 Å². The highest BCUT2D eigenvalue weighted by Gasteiger charge is 2.33. The van der Waals surface area contributed by atoms with Crippen molar-refractivity contribution in [3.8, 4) is 0 Å². The van der Waals surface area contributed by atoms with Crippen LogP contribution in [0.5, 0.6) is 0 Å². The van der Waals surface area contributed by atoms with Crippen LogP contribution in [0, 0.1) is 11.8 Å². The molecule has 1 aromatic rings. The fourth-order valence-electron chi connectivity index (χ4n) is 2.94. The summed E-state index contributed by atoms with van der Waals surface area (Å²) >= 11 is 0. The van der Waals surface area contributed by atoms with Gasteiger partial charge in [-0.2, -0.15) is 0 Å². The zero-order valence-electron chi connectivity index (χ0n) is 15.0. The molecule has 4 nitrogen and oxygen atoms in total. The summed E-state index contributed by atoms with van der Waals surface area (Å²) < 4.78 is 5.20. The Morgan fingerprint density at radius 2 is 1.92 bits per heavy atom. The van der Waals surface area contributed by atoms with E-state index < -0.39 is 0 Å². The molecule has 2 rings (SSSR count). The molecule has 1 saturated carbocycles. The molecule has 3 N–H and O–H groups in total. The van der Waals surface area contributed by atoms with Gasteiger partial charge in [-0.25, -0.2) is 0 Å². The number of ether oxygens (including phenoxy) is 1. The van der Waals surface area contributed by atoms with Gasteiger partial charge >= 0.3 is 0 Å². The van der Waals surface area contributed by atoms with Crippen LogP contribution in [-0.2, 0) is 16.0 Å². The van der Waals surface area contributed by atoms with E-state index in [1.165, 1.54) is 24.0 Å². The van der Waals surface area contributed by atoms with Crippen molar-refractivity contribution >= 4 is 18.3 Å². The highest BCUT2D eigenvalue weighted by atomic mass is 35.5. The summed E-state index contributed by atoms with van der Waals surface area (Å²) in [5.74, 6) is 1.24. The van der Waals surface area contributed by atoms with Gasteiger partial charge in [0.1, 0.15) is 0 Å². The van der Waals surface area contributed by atoms with Crippen LogP contribution in [0.2, 0.25) is 0 Å². The molecule has 1 aromatic carbocycles. The van der Waals surface area contributed by atoms with Crippen molar-refractivity contribution in [1.82, 2.24) is 5.32 Å². The van der Waals surface area contributed by atoms with Crippen molar-refractivity contribution in [2.45, 2.75) is 51.7 Å². The Bertz CT molecular complexity index is 497. The number of hydrogen-bond acceptors (Lipinski definition) is 3. The van der Waals surface area contributed by atoms with Crippen LogP contribution in [-0.4, -0.2) is 25.7 Å². The first-order chi connectivity index (χ1) is 11.0. The molecule has 0 saturated heterocycles. The van der Waals surface area contributed by atoms with Crippen molar-refractivity contribution in [3.05, 3.63) is 35.4 Å². The first kappa shape index (κ1) is 20.9. The van der Waals surface area contributed by atoms with Crippen molar-refractivity contribution in [3.63, 3.8) is 0 Å². The maximum Gasteiger partial charge on any atom is 0.223 e. The van der Waals surface area contributed by atoms with Crippen LogP contribution in [0.1, 0.15) is 50.3 Å². The second-order valence-corrected chi connectivity index (χ2v) is 7.02. The number of benzene rings is 1. The third kappa shape index (κ3) is 6.42. The second kappa shape index (κ2) is 10.0. The van der Waals surface area contributed by atoms with Gasteiger partial charge in [0, 0.05) is 13.7 Å². The summed E-state index contributed by atoms with van der Waals surface area (Å²) in [5, 5.41) is 3.18. The molecular weight excluding hydrogens is 324 g/mol. The van der Waals surface area contributed by atoms with Crippen molar-refractivity contribution in [2.24, 2.45) is 17.6 Å². The normalized spacial score (nSPS) is 16.4. The molecule has 136 valence electrons. The number of halogens is 1. The number of hydrogen-bond donors (Lipinski definition) is 2. The number of nitrogens with one attached hydrogen (secondary N) is 1. The molecule has 2 unspecified atom stereocenters. The van der Waals surface area contributed by atoms with Crippen LogP contribution in [0.25, 0.3) is 0 Å². The summed E-state index contributed by atoms with van der Waals surface area (Å²) in [6.45, 7) is 4.82. The minimum Gasteiger partial charge on any atom is -0.380 e. The lowest BCUT2D eigenvalue weighted by Crippen LogP contribution is -2.35. The fourth-order valence-corrected chi connectivity index (χ4v) is 2.94. The molecule has 2 atom stereocenters. The van der Waals surface area contributed by atoms with Gasteiger partial charge in [-0.05, 0) is 42.2 Å². The topological polar surface area (TPSA) is 64.3 Å². The minimum absolute atomic E-state index is 0. The molecule has 1 aliphatic carbocycles. The van der Waals surface area contributed by atoms with E-state index in [9.17, 15) is 4.79 Å². The van der Waals surface area contributed by atoms with E-state index in [-0.39, 0.29) is 30.5 Å². The van der Waals surface area contributed by atoms with Gasteiger partial charge in [-0.1, -0.05) is 38.1 Å². The Kier molecular flexibility index (Phi) is 8.74. The van der Waals surface area contributed by atoms with E-state index in [0.29, 0.717) is 24.8 Å². The van der Waals surface area contributed by atoms with Crippen LogP contribution in [0.4, 0.5) is 0 Å². The highest BCUT2D eigenvalue weighted by molar-refractivity contribution is 5.85.